The smallest absolute Gasteiger partial charge is 0.308 e. The third-order valence-corrected chi connectivity index (χ3v) is 9.82. The Labute approximate surface area is 292 Å². The van der Waals surface area contributed by atoms with Gasteiger partial charge < -0.3 is 9.84 Å². The minimum atomic E-state index is -0.257. The van der Waals surface area contributed by atoms with Gasteiger partial charge in [-0.3, -0.25) is 14.4 Å². The van der Waals surface area contributed by atoms with Crippen molar-refractivity contribution in [3.8, 4) is 0 Å². The lowest BCUT2D eigenvalue weighted by Gasteiger charge is -2.25. The largest absolute Gasteiger partial charge is 0.465 e. The number of carbonyl (C=O) groups excluding carboxylic acids is 1. The summed E-state index contributed by atoms with van der Waals surface area (Å²) in [6.45, 7) is 10.8. The topological polar surface area (TPSA) is 67.6 Å². The molecule has 0 radical (unpaired) electrons. The van der Waals surface area contributed by atoms with Crippen LogP contribution < -0.4 is 0 Å². The van der Waals surface area contributed by atoms with E-state index in [1.54, 1.807) is 0 Å². The normalized spacial score (nSPS) is 13.0. The van der Waals surface area contributed by atoms with Crippen LogP contribution in [0.5, 0.6) is 0 Å². The second-order valence-corrected chi connectivity index (χ2v) is 14.4. The van der Waals surface area contributed by atoms with Crippen molar-refractivity contribution < 1.29 is 14.6 Å². The zero-order chi connectivity index (χ0) is 34.0. The number of aliphatic hydroxyl groups is 1. The molecule has 1 N–H and O–H groups in total. The van der Waals surface area contributed by atoms with Crippen molar-refractivity contribution in [1.82, 2.24) is 14.7 Å². The Bertz CT molecular complexity index is 772. The summed E-state index contributed by atoms with van der Waals surface area (Å²) in [6, 6.07) is 1.97. The molecule has 6 nitrogen and oxygen atoms in total. The summed E-state index contributed by atoms with van der Waals surface area (Å²) in [4.78, 5) is 15.4. The monoisotopic (exact) mass is 662 g/mol. The minimum Gasteiger partial charge on any atom is -0.465 e. The summed E-state index contributed by atoms with van der Waals surface area (Å²) in [5, 5.41) is 15.2. The summed E-state index contributed by atoms with van der Waals surface area (Å²) in [5.41, 5.74) is 0. The molecule has 0 saturated carbocycles. The molecule has 0 aliphatic carbocycles. The summed E-state index contributed by atoms with van der Waals surface area (Å²) < 4.78 is 7.80. The van der Waals surface area contributed by atoms with Crippen LogP contribution in [0.4, 0.5) is 0 Å². The molecule has 276 valence electrons. The van der Waals surface area contributed by atoms with Gasteiger partial charge in [0.1, 0.15) is 0 Å². The lowest BCUT2D eigenvalue weighted by molar-refractivity contribution is -0.149. The Hall–Kier alpha value is -1.40. The number of carbonyl (C=O) groups is 1. The third kappa shape index (κ3) is 27.1. The average Bonchev–Trinajstić information content (AvgIpc) is 3.60. The van der Waals surface area contributed by atoms with E-state index in [1.807, 2.05) is 23.1 Å². The fraction of sp³-hybridized carbons (Fsp3) is 0.902. The summed E-state index contributed by atoms with van der Waals surface area (Å²) in [6.07, 6.45) is 36.5. The number of hydrogen-bond donors (Lipinski definition) is 1. The van der Waals surface area contributed by atoms with Gasteiger partial charge in [-0.05, 0) is 44.7 Å². The van der Waals surface area contributed by atoms with E-state index < -0.39 is 0 Å². The molecule has 0 amide bonds. The fourth-order valence-electron chi connectivity index (χ4n) is 6.68. The van der Waals surface area contributed by atoms with Crippen LogP contribution in [0, 0.1) is 5.92 Å². The Kier molecular flexibility index (Phi) is 30.7. The molecule has 2 atom stereocenters. The zero-order valence-corrected chi connectivity index (χ0v) is 31.6. The number of unbranched alkanes of at least 4 members (excludes halogenated alkanes) is 20. The van der Waals surface area contributed by atoms with Gasteiger partial charge in [-0.2, -0.15) is 5.10 Å². The Morgan fingerprint density at radius 2 is 1.15 bits per heavy atom. The van der Waals surface area contributed by atoms with Gasteiger partial charge in [0, 0.05) is 25.5 Å². The zero-order valence-electron chi connectivity index (χ0n) is 31.6. The molecule has 0 aliphatic rings. The molecule has 0 spiro atoms. The highest BCUT2D eigenvalue weighted by Gasteiger charge is 2.19. The van der Waals surface area contributed by atoms with E-state index in [9.17, 15) is 9.90 Å². The third-order valence-electron chi connectivity index (χ3n) is 9.82. The first-order valence-electron chi connectivity index (χ1n) is 20.6. The highest BCUT2D eigenvalue weighted by atomic mass is 16.5. The van der Waals surface area contributed by atoms with Crippen molar-refractivity contribution in [3.05, 3.63) is 18.5 Å². The molecule has 0 aromatic carbocycles. The molecule has 0 saturated heterocycles. The van der Waals surface area contributed by atoms with Crippen molar-refractivity contribution in [2.24, 2.45) is 5.92 Å². The highest BCUT2D eigenvalue weighted by Crippen LogP contribution is 2.21. The molecule has 0 fully saturated rings. The van der Waals surface area contributed by atoms with Gasteiger partial charge in [0.2, 0.25) is 0 Å². The van der Waals surface area contributed by atoms with E-state index in [2.05, 4.69) is 30.8 Å². The highest BCUT2D eigenvalue weighted by molar-refractivity contribution is 5.72. The molecule has 0 bridgehead atoms. The average molecular weight is 662 g/mol. The predicted molar refractivity (Wildman–Crippen MR) is 201 cm³/mol. The van der Waals surface area contributed by atoms with Crippen molar-refractivity contribution in [3.63, 3.8) is 0 Å². The molecule has 47 heavy (non-hydrogen) atoms. The van der Waals surface area contributed by atoms with Crippen LogP contribution in [0.25, 0.3) is 0 Å². The van der Waals surface area contributed by atoms with Crippen LogP contribution in [0.1, 0.15) is 194 Å². The van der Waals surface area contributed by atoms with E-state index in [4.69, 9.17) is 4.74 Å². The van der Waals surface area contributed by atoms with E-state index in [0.717, 1.165) is 90.4 Å². The Balaban J connectivity index is 2.29. The molecular weight excluding hydrogens is 582 g/mol. The SMILES string of the molecule is CCCCCCCCCCCCC(O)CN(CCCCCCOC(=O)C(CCCCCC)CCCCCCCC)CCn1cccn1. The second kappa shape index (κ2) is 33.1. The van der Waals surface area contributed by atoms with Gasteiger partial charge in [-0.15, -0.1) is 0 Å². The molecular formula is C41H79N3O3. The first-order chi connectivity index (χ1) is 23.1. The van der Waals surface area contributed by atoms with Crippen LogP contribution in [0.15, 0.2) is 18.5 Å². The van der Waals surface area contributed by atoms with Crippen molar-refractivity contribution in [2.75, 3.05) is 26.2 Å². The maximum atomic E-state index is 12.9. The summed E-state index contributed by atoms with van der Waals surface area (Å²) in [7, 11) is 0. The van der Waals surface area contributed by atoms with Gasteiger partial charge in [-0.25, -0.2) is 0 Å². The first kappa shape index (κ1) is 43.6. The lowest BCUT2D eigenvalue weighted by atomic mass is 9.94. The van der Waals surface area contributed by atoms with E-state index in [1.165, 1.54) is 109 Å². The van der Waals surface area contributed by atoms with Gasteiger partial charge in [0.25, 0.3) is 0 Å². The van der Waals surface area contributed by atoms with Crippen LogP contribution in [-0.4, -0.2) is 58.1 Å². The first-order valence-corrected chi connectivity index (χ1v) is 20.6. The number of aliphatic hydroxyl groups excluding tert-OH is 1. The number of hydrogen-bond acceptors (Lipinski definition) is 5. The van der Waals surface area contributed by atoms with Crippen LogP contribution in [0.2, 0.25) is 0 Å². The van der Waals surface area contributed by atoms with Crippen molar-refractivity contribution >= 4 is 5.97 Å². The maximum Gasteiger partial charge on any atom is 0.308 e. The molecule has 1 aromatic heterocycles. The maximum absolute atomic E-state index is 12.9. The standard InChI is InChI=1S/C41H79N3O3/c1-4-7-10-13-15-16-17-18-20-25-31-40(45)38-43(35-36-44-34-28-32-42-44)33-26-21-22-27-37-47-41(46)39(29-23-12-9-6-3)30-24-19-14-11-8-5-2/h28,32,34,39-40,45H,4-27,29-31,33,35-38H2,1-3H3. The summed E-state index contributed by atoms with van der Waals surface area (Å²) in [5.74, 6) is 0.143. The molecule has 6 heteroatoms. The molecule has 1 heterocycles. The predicted octanol–water partition coefficient (Wildman–Crippen LogP) is 11.3. The molecule has 1 rings (SSSR count). The number of esters is 1. The van der Waals surface area contributed by atoms with Crippen LogP contribution in [0.3, 0.4) is 0 Å². The number of ether oxygens (including phenoxy) is 1. The number of aromatic nitrogens is 2. The van der Waals surface area contributed by atoms with Crippen LogP contribution >= 0.6 is 0 Å². The fourth-order valence-corrected chi connectivity index (χ4v) is 6.68. The van der Waals surface area contributed by atoms with E-state index >= 15 is 0 Å². The lowest BCUT2D eigenvalue weighted by Crippen LogP contribution is -2.35. The quantitative estimate of drug-likeness (QED) is 0.0572. The second-order valence-electron chi connectivity index (χ2n) is 14.4. The molecule has 2 unspecified atom stereocenters. The minimum absolute atomic E-state index is 0.0521. The van der Waals surface area contributed by atoms with Gasteiger partial charge in [0.05, 0.1) is 25.2 Å². The Morgan fingerprint density at radius 1 is 0.660 bits per heavy atom. The van der Waals surface area contributed by atoms with Crippen molar-refractivity contribution in [1.29, 1.82) is 0 Å². The van der Waals surface area contributed by atoms with E-state index in [0.29, 0.717) is 6.61 Å². The number of nitrogens with zero attached hydrogens (tertiary/aromatic N) is 3. The summed E-state index contributed by atoms with van der Waals surface area (Å²) >= 11 is 0. The van der Waals surface area contributed by atoms with Gasteiger partial charge in [-0.1, -0.05) is 162 Å². The molecule has 1 aromatic rings. The van der Waals surface area contributed by atoms with E-state index in [-0.39, 0.29) is 18.0 Å². The van der Waals surface area contributed by atoms with Gasteiger partial charge >= 0.3 is 5.97 Å². The van der Waals surface area contributed by atoms with Crippen molar-refractivity contribution in [2.45, 2.75) is 207 Å². The Morgan fingerprint density at radius 3 is 1.70 bits per heavy atom. The number of rotatable bonds is 36. The van der Waals surface area contributed by atoms with Gasteiger partial charge in [0.15, 0.2) is 0 Å². The molecule has 0 aliphatic heterocycles. The van der Waals surface area contributed by atoms with Crippen LogP contribution in [-0.2, 0) is 16.1 Å².